The van der Waals surface area contributed by atoms with Crippen molar-refractivity contribution in [2.24, 2.45) is 11.8 Å². The van der Waals surface area contributed by atoms with E-state index >= 15 is 0 Å². The van der Waals surface area contributed by atoms with Crippen LogP contribution in [0.4, 0.5) is 0 Å². The zero-order valence-corrected chi connectivity index (χ0v) is 13.0. The number of ether oxygens (including phenoxy) is 1. The van der Waals surface area contributed by atoms with Gasteiger partial charge in [-0.1, -0.05) is 0 Å². The minimum atomic E-state index is 0. The molecule has 0 aromatic rings. The Labute approximate surface area is 128 Å². The van der Waals surface area contributed by atoms with Crippen molar-refractivity contribution in [1.29, 1.82) is 0 Å². The topological polar surface area (TPSA) is 41.6 Å². The summed E-state index contributed by atoms with van der Waals surface area (Å²) >= 11 is 0. The number of carbonyl (C=O) groups is 1. The first kappa shape index (κ1) is 16.1. The largest absolute Gasteiger partial charge is 0.378 e. The summed E-state index contributed by atoms with van der Waals surface area (Å²) in [7, 11) is 0. The van der Waals surface area contributed by atoms with Crippen LogP contribution in [0.25, 0.3) is 0 Å². The lowest BCUT2D eigenvalue weighted by atomic mass is 9.92. The van der Waals surface area contributed by atoms with Gasteiger partial charge in [0.15, 0.2) is 0 Å². The molecule has 0 saturated carbocycles. The van der Waals surface area contributed by atoms with Crippen LogP contribution < -0.4 is 5.32 Å². The predicted molar refractivity (Wildman–Crippen MR) is 81.1 cm³/mol. The minimum Gasteiger partial charge on any atom is -0.378 e. The van der Waals surface area contributed by atoms with Crippen molar-refractivity contribution in [2.75, 3.05) is 32.8 Å². The number of fused-ring (bicyclic) bond motifs is 1. The summed E-state index contributed by atoms with van der Waals surface area (Å²) in [5, 5.41) is 3.48. The van der Waals surface area contributed by atoms with Crippen LogP contribution in [0.5, 0.6) is 0 Å². The van der Waals surface area contributed by atoms with E-state index in [1.165, 1.54) is 19.3 Å². The monoisotopic (exact) mass is 302 g/mol. The van der Waals surface area contributed by atoms with Crippen LogP contribution in [0.1, 0.15) is 38.5 Å². The van der Waals surface area contributed by atoms with E-state index in [1.54, 1.807) is 0 Å². The molecule has 1 amide bonds. The molecule has 3 fully saturated rings. The minimum absolute atomic E-state index is 0. The third-order valence-electron chi connectivity index (χ3n) is 5.08. The van der Waals surface area contributed by atoms with Gasteiger partial charge in [0.2, 0.25) is 5.91 Å². The molecule has 20 heavy (non-hydrogen) atoms. The number of likely N-dealkylation sites (tertiary alicyclic amines) is 1. The smallest absolute Gasteiger partial charge is 0.222 e. The van der Waals surface area contributed by atoms with Crippen molar-refractivity contribution in [3.8, 4) is 0 Å². The van der Waals surface area contributed by atoms with E-state index in [0.29, 0.717) is 18.4 Å². The lowest BCUT2D eigenvalue weighted by Crippen LogP contribution is -2.33. The SMILES string of the molecule is Cl.O=C(CCC1CCCO1)N1CC[C@@H]2CNC[C@@H]2CC1. The molecule has 3 aliphatic rings. The molecule has 0 aliphatic carbocycles. The normalized spacial score (nSPS) is 33.4. The van der Waals surface area contributed by atoms with E-state index in [9.17, 15) is 4.79 Å². The fourth-order valence-electron chi connectivity index (χ4n) is 3.78. The number of amides is 1. The zero-order chi connectivity index (χ0) is 13.1. The first-order valence-electron chi connectivity index (χ1n) is 7.93. The number of hydrogen-bond acceptors (Lipinski definition) is 3. The van der Waals surface area contributed by atoms with Gasteiger partial charge in [0.25, 0.3) is 0 Å². The Morgan fingerprint density at radius 3 is 2.45 bits per heavy atom. The highest BCUT2D eigenvalue weighted by Gasteiger charge is 2.31. The first-order valence-corrected chi connectivity index (χ1v) is 7.93. The highest BCUT2D eigenvalue weighted by Crippen LogP contribution is 2.27. The Morgan fingerprint density at radius 2 is 1.85 bits per heavy atom. The fraction of sp³-hybridized carbons (Fsp3) is 0.933. The lowest BCUT2D eigenvalue weighted by molar-refractivity contribution is -0.131. The highest BCUT2D eigenvalue weighted by molar-refractivity contribution is 5.85. The number of hydrogen-bond donors (Lipinski definition) is 1. The Balaban J connectivity index is 0.00000147. The van der Waals surface area contributed by atoms with Gasteiger partial charge in [-0.25, -0.2) is 0 Å². The van der Waals surface area contributed by atoms with E-state index in [1.807, 2.05) is 0 Å². The maximum Gasteiger partial charge on any atom is 0.222 e. The summed E-state index contributed by atoms with van der Waals surface area (Å²) in [6.07, 6.45) is 6.62. The second-order valence-corrected chi connectivity index (χ2v) is 6.31. The molecule has 1 unspecified atom stereocenters. The summed E-state index contributed by atoms with van der Waals surface area (Å²) in [5.41, 5.74) is 0. The van der Waals surface area contributed by atoms with Crippen LogP contribution in [0.15, 0.2) is 0 Å². The van der Waals surface area contributed by atoms with Crippen LogP contribution in [0, 0.1) is 11.8 Å². The van der Waals surface area contributed by atoms with Gasteiger partial charge in [0.1, 0.15) is 0 Å². The first-order chi connectivity index (χ1) is 9.33. The molecule has 5 heteroatoms. The maximum atomic E-state index is 12.3. The van der Waals surface area contributed by atoms with Crippen molar-refractivity contribution in [3.63, 3.8) is 0 Å². The summed E-state index contributed by atoms with van der Waals surface area (Å²) in [6, 6.07) is 0. The zero-order valence-electron chi connectivity index (χ0n) is 12.2. The van der Waals surface area contributed by atoms with E-state index in [-0.39, 0.29) is 12.4 Å². The van der Waals surface area contributed by atoms with Gasteiger partial charge < -0.3 is 15.0 Å². The van der Waals surface area contributed by atoms with Gasteiger partial charge in [0, 0.05) is 26.1 Å². The molecule has 3 atom stereocenters. The molecule has 4 nitrogen and oxygen atoms in total. The second-order valence-electron chi connectivity index (χ2n) is 6.31. The quantitative estimate of drug-likeness (QED) is 0.865. The van der Waals surface area contributed by atoms with Gasteiger partial charge >= 0.3 is 0 Å². The molecule has 0 bridgehead atoms. The van der Waals surface area contributed by atoms with Gasteiger partial charge in [-0.05, 0) is 57.0 Å². The summed E-state index contributed by atoms with van der Waals surface area (Å²) in [6.45, 7) is 5.13. The van der Waals surface area contributed by atoms with Crippen molar-refractivity contribution in [3.05, 3.63) is 0 Å². The van der Waals surface area contributed by atoms with E-state index < -0.39 is 0 Å². The van der Waals surface area contributed by atoms with Crippen molar-refractivity contribution >= 4 is 18.3 Å². The summed E-state index contributed by atoms with van der Waals surface area (Å²) in [4.78, 5) is 14.4. The van der Waals surface area contributed by atoms with Gasteiger partial charge in [-0.2, -0.15) is 0 Å². The molecule has 3 rings (SSSR count). The number of halogens is 1. The highest BCUT2D eigenvalue weighted by atomic mass is 35.5. The second kappa shape index (κ2) is 7.62. The van der Waals surface area contributed by atoms with Gasteiger partial charge in [-0.15, -0.1) is 12.4 Å². The van der Waals surface area contributed by atoms with Crippen molar-refractivity contribution in [1.82, 2.24) is 10.2 Å². The Hall–Kier alpha value is -0.320. The molecule has 3 heterocycles. The average Bonchev–Trinajstić information content (AvgIpc) is 3.05. The fourth-order valence-corrected chi connectivity index (χ4v) is 3.78. The third kappa shape index (κ3) is 3.86. The number of rotatable bonds is 3. The maximum absolute atomic E-state index is 12.3. The standard InChI is InChI=1S/C15H26N2O2.ClH/c18-15(4-3-14-2-1-9-19-14)17-7-5-12-10-16-11-13(12)6-8-17;/h12-14,16H,1-11H2;1H/t12-,13+,14?;. The van der Waals surface area contributed by atoms with E-state index in [4.69, 9.17) is 4.74 Å². The molecular formula is C15H27ClN2O2. The van der Waals surface area contributed by atoms with Crippen LogP contribution in [0.3, 0.4) is 0 Å². The third-order valence-corrected chi connectivity index (χ3v) is 5.08. The predicted octanol–water partition coefficient (Wildman–Crippen LogP) is 1.83. The molecule has 116 valence electrons. The molecule has 0 spiro atoms. The van der Waals surface area contributed by atoms with Crippen LogP contribution >= 0.6 is 12.4 Å². The Morgan fingerprint density at radius 1 is 1.15 bits per heavy atom. The molecule has 0 radical (unpaired) electrons. The van der Waals surface area contributed by atoms with E-state index in [0.717, 1.165) is 57.5 Å². The van der Waals surface area contributed by atoms with E-state index in [2.05, 4.69) is 10.2 Å². The Bertz CT molecular complexity index is 307. The summed E-state index contributed by atoms with van der Waals surface area (Å²) < 4.78 is 5.60. The molecule has 1 N–H and O–H groups in total. The van der Waals surface area contributed by atoms with Gasteiger partial charge in [0.05, 0.1) is 6.10 Å². The van der Waals surface area contributed by atoms with Crippen LogP contribution in [-0.2, 0) is 9.53 Å². The Kier molecular flexibility index (Phi) is 6.12. The number of carbonyl (C=O) groups excluding carboxylic acids is 1. The van der Waals surface area contributed by atoms with Crippen molar-refractivity contribution in [2.45, 2.75) is 44.6 Å². The molecule has 3 saturated heterocycles. The number of nitrogens with zero attached hydrogens (tertiary/aromatic N) is 1. The number of nitrogens with one attached hydrogen (secondary N) is 1. The molecule has 0 aromatic carbocycles. The van der Waals surface area contributed by atoms with Crippen LogP contribution in [0.2, 0.25) is 0 Å². The summed E-state index contributed by atoms with van der Waals surface area (Å²) in [5.74, 6) is 1.95. The van der Waals surface area contributed by atoms with Crippen LogP contribution in [-0.4, -0.2) is 49.7 Å². The van der Waals surface area contributed by atoms with Gasteiger partial charge in [-0.3, -0.25) is 4.79 Å². The average molecular weight is 303 g/mol. The van der Waals surface area contributed by atoms with Crippen molar-refractivity contribution < 1.29 is 9.53 Å². The molecule has 0 aromatic heterocycles. The lowest BCUT2D eigenvalue weighted by Gasteiger charge is -2.21. The molecular weight excluding hydrogens is 276 g/mol. The molecule has 3 aliphatic heterocycles.